The van der Waals surface area contributed by atoms with Crippen molar-refractivity contribution in [1.29, 1.82) is 0 Å². The lowest BCUT2D eigenvalue weighted by Gasteiger charge is -2.31. The van der Waals surface area contributed by atoms with Gasteiger partial charge in [-0.3, -0.25) is 9.59 Å². The van der Waals surface area contributed by atoms with Crippen LogP contribution in [-0.2, 0) is 4.79 Å². The van der Waals surface area contributed by atoms with Crippen LogP contribution in [0.5, 0.6) is 0 Å². The van der Waals surface area contributed by atoms with Crippen LogP contribution in [0.25, 0.3) is 10.9 Å². The minimum absolute atomic E-state index is 0.0145. The smallest absolute Gasteiger partial charge is 0.279 e. The van der Waals surface area contributed by atoms with Crippen molar-refractivity contribution < 1.29 is 18.9 Å². The Morgan fingerprint density at radius 1 is 1.11 bits per heavy atom. The molecule has 0 unspecified atom stereocenters. The second-order valence-corrected chi connectivity index (χ2v) is 7.03. The molecule has 0 bridgehead atoms. The Balaban J connectivity index is 1.32. The SMILES string of the molecule is O=C(C[NH+]1CCN(C(=O)c2c[nH]c3ccccc23)CC1)Nc1cccc(F)c1. The third kappa shape index (κ3) is 3.89. The quantitative estimate of drug-likeness (QED) is 0.637. The van der Waals surface area contributed by atoms with Crippen molar-refractivity contribution in [2.75, 3.05) is 38.0 Å². The molecule has 4 rings (SSSR count). The number of hydrogen-bond donors (Lipinski definition) is 3. The number of H-pyrrole nitrogens is 1. The van der Waals surface area contributed by atoms with Gasteiger partial charge in [-0.2, -0.15) is 0 Å². The molecule has 144 valence electrons. The number of fused-ring (bicyclic) bond motifs is 1. The summed E-state index contributed by atoms with van der Waals surface area (Å²) in [6, 6.07) is 13.6. The number of aromatic amines is 1. The van der Waals surface area contributed by atoms with Crippen molar-refractivity contribution in [3.63, 3.8) is 0 Å². The summed E-state index contributed by atoms with van der Waals surface area (Å²) in [6.45, 7) is 2.89. The largest absolute Gasteiger partial charge is 0.360 e. The van der Waals surface area contributed by atoms with E-state index in [1.807, 2.05) is 29.2 Å². The maximum absolute atomic E-state index is 13.2. The van der Waals surface area contributed by atoms with Gasteiger partial charge in [-0.25, -0.2) is 4.39 Å². The van der Waals surface area contributed by atoms with E-state index in [1.54, 1.807) is 18.3 Å². The highest BCUT2D eigenvalue weighted by molar-refractivity contribution is 6.06. The molecule has 0 atom stereocenters. The molecule has 2 heterocycles. The van der Waals surface area contributed by atoms with Crippen molar-refractivity contribution in [3.8, 4) is 0 Å². The zero-order valence-corrected chi connectivity index (χ0v) is 15.4. The number of hydrogen-bond acceptors (Lipinski definition) is 2. The van der Waals surface area contributed by atoms with E-state index in [1.165, 1.54) is 12.1 Å². The summed E-state index contributed by atoms with van der Waals surface area (Å²) in [5.74, 6) is -0.521. The molecule has 1 saturated heterocycles. The van der Waals surface area contributed by atoms with E-state index in [9.17, 15) is 14.0 Å². The van der Waals surface area contributed by atoms with Gasteiger partial charge in [0.25, 0.3) is 11.8 Å². The number of nitrogens with one attached hydrogen (secondary N) is 3. The van der Waals surface area contributed by atoms with E-state index < -0.39 is 0 Å². The number of benzene rings is 2. The standard InChI is InChI=1S/C21H21FN4O2/c22-15-4-3-5-16(12-15)24-20(27)14-25-8-10-26(11-9-25)21(28)18-13-23-19-7-2-1-6-17(18)19/h1-7,12-13,23H,8-11,14H2,(H,24,27)/p+1. The number of carbonyl (C=O) groups excluding carboxylic acids is 2. The fourth-order valence-corrected chi connectivity index (χ4v) is 3.62. The van der Waals surface area contributed by atoms with Gasteiger partial charge in [0, 0.05) is 22.8 Å². The average Bonchev–Trinajstić information content (AvgIpc) is 3.12. The minimum atomic E-state index is -0.380. The molecule has 0 aliphatic carbocycles. The zero-order valence-electron chi connectivity index (χ0n) is 15.4. The number of piperazine rings is 1. The van der Waals surface area contributed by atoms with Gasteiger partial charge in [-0.15, -0.1) is 0 Å². The minimum Gasteiger partial charge on any atom is -0.360 e. The molecule has 2 amide bonds. The molecule has 1 aromatic heterocycles. The Labute approximate surface area is 161 Å². The van der Waals surface area contributed by atoms with Crippen LogP contribution in [-0.4, -0.2) is 54.4 Å². The molecule has 28 heavy (non-hydrogen) atoms. The van der Waals surface area contributed by atoms with Gasteiger partial charge in [-0.1, -0.05) is 24.3 Å². The number of rotatable bonds is 4. The summed E-state index contributed by atoms with van der Waals surface area (Å²) >= 11 is 0. The summed E-state index contributed by atoms with van der Waals surface area (Å²) in [5, 5.41) is 3.65. The summed E-state index contributed by atoms with van der Waals surface area (Å²) in [7, 11) is 0. The summed E-state index contributed by atoms with van der Waals surface area (Å²) < 4.78 is 13.2. The van der Waals surface area contributed by atoms with Crippen molar-refractivity contribution in [2.24, 2.45) is 0 Å². The third-order valence-corrected chi connectivity index (χ3v) is 5.10. The second-order valence-electron chi connectivity index (χ2n) is 7.03. The van der Waals surface area contributed by atoms with Crippen molar-refractivity contribution in [1.82, 2.24) is 9.88 Å². The fourth-order valence-electron chi connectivity index (χ4n) is 3.62. The highest BCUT2D eigenvalue weighted by Gasteiger charge is 2.27. The van der Waals surface area contributed by atoms with Gasteiger partial charge in [-0.05, 0) is 24.3 Å². The number of carbonyl (C=O) groups is 2. The van der Waals surface area contributed by atoms with Crippen LogP contribution in [0.1, 0.15) is 10.4 Å². The van der Waals surface area contributed by atoms with Gasteiger partial charge in [0.2, 0.25) is 0 Å². The second kappa shape index (κ2) is 7.82. The molecule has 7 heteroatoms. The van der Waals surface area contributed by atoms with E-state index in [4.69, 9.17) is 0 Å². The fraction of sp³-hybridized carbons (Fsp3) is 0.238. The topological polar surface area (TPSA) is 69.6 Å². The average molecular weight is 381 g/mol. The highest BCUT2D eigenvalue weighted by Crippen LogP contribution is 2.19. The summed E-state index contributed by atoms with van der Waals surface area (Å²) in [5.41, 5.74) is 2.09. The van der Waals surface area contributed by atoms with Crippen molar-refractivity contribution >= 4 is 28.4 Å². The van der Waals surface area contributed by atoms with Crippen LogP contribution >= 0.6 is 0 Å². The van der Waals surface area contributed by atoms with Gasteiger partial charge in [0.1, 0.15) is 5.82 Å². The van der Waals surface area contributed by atoms with Crippen LogP contribution in [0.2, 0.25) is 0 Å². The van der Waals surface area contributed by atoms with Crippen LogP contribution in [0, 0.1) is 5.82 Å². The first-order chi connectivity index (χ1) is 13.6. The van der Waals surface area contributed by atoms with E-state index in [0.29, 0.717) is 44.0 Å². The van der Waals surface area contributed by atoms with Gasteiger partial charge < -0.3 is 20.1 Å². The molecule has 1 fully saturated rings. The van der Waals surface area contributed by atoms with Crippen LogP contribution in [0.4, 0.5) is 10.1 Å². The monoisotopic (exact) mass is 381 g/mol. The molecule has 6 nitrogen and oxygen atoms in total. The molecule has 1 aliphatic heterocycles. The molecule has 2 aromatic carbocycles. The van der Waals surface area contributed by atoms with Crippen LogP contribution < -0.4 is 10.2 Å². The van der Waals surface area contributed by atoms with E-state index in [2.05, 4.69) is 10.3 Å². The number of anilines is 1. The molecule has 3 N–H and O–H groups in total. The number of para-hydroxylation sites is 1. The number of nitrogens with zero attached hydrogens (tertiary/aromatic N) is 1. The Morgan fingerprint density at radius 3 is 2.68 bits per heavy atom. The molecule has 0 spiro atoms. The lowest BCUT2D eigenvalue weighted by Crippen LogP contribution is -3.15. The van der Waals surface area contributed by atoms with E-state index in [-0.39, 0.29) is 17.6 Å². The zero-order chi connectivity index (χ0) is 19.5. The van der Waals surface area contributed by atoms with Gasteiger partial charge in [0.15, 0.2) is 6.54 Å². The molecule has 0 saturated carbocycles. The first-order valence-electron chi connectivity index (χ1n) is 9.34. The first kappa shape index (κ1) is 18.2. The molecular weight excluding hydrogens is 359 g/mol. The van der Waals surface area contributed by atoms with Crippen LogP contribution in [0.3, 0.4) is 0 Å². The maximum Gasteiger partial charge on any atom is 0.279 e. The molecule has 3 aromatic rings. The maximum atomic E-state index is 13.2. The lowest BCUT2D eigenvalue weighted by atomic mass is 10.1. The van der Waals surface area contributed by atoms with Crippen molar-refractivity contribution in [2.45, 2.75) is 0 Å². The predicted molar refractivity (Wildman–Crippen MR) is 105 cm³/mol. The van der Waals surface area contributed by atoms with Crippen LogP contribution in [0.15, 0.2) is 54.7 Å². The number of amides is 2. The Bertz CT molecular complexity index is 1010. The van der Waals surface area contributed by atoms with Gasteiger partial charge in [0.05, 0.1) is 31.7 Å². The predicted octanol–water partition coefficient (Wildman–Crippen LogP) is 1.29. The number of aromatic nitrogens is 1. The number of halogens is 1. The third-order valence-electron chi connectivity index (χ3n) is 5.10. The lowest BCUT2D eigenvalue weighted by molar-refractivity contribution is -0.895. The molecular formula is C21H22FN4O2+. The Hall–Kier alpha value is -3.19. The Morgan fingerprint density at radius 2 is 1.89 bits per heavy atom. The van der Waals surface area contributed by atoms with E-state index >= 15 is 0 Å². The molecule has 0 radical (unpaired) electrons. The normalized spacial score (nSPS) is 15.0. The summed E-state index contributed by atoms with van der Waals surface area (Å²) in [4.78, 5) is 31.1. The Kier molecular flexibility index (Phi) is 5.08. The van der Waals surface area contributed by atoms with Crippen molar-refractivity contribution in [3.05, 3.63) is 66.1 Å². The summed E-state index contributed by atoms with van der Waals surface area (Å²) in [6.07, 6.45) is 1.76. The van der Waals surface area contributed by atoms with Gasteiger partial charge >= 0.3 is 0 Å². The highest BCUT2D eigenvalue weighted by atomic mass is 19.1. The molecule has 1 aliphatic rings. The number of quaternary nitrogens is 1. The van der Waals surface area contributed by atoms with E-state index in [0.717, 1.165) is 15.8 Å². The first-order valence-corrected chi connectivity index (χ1v) is 9.34.